The summed E-state index contributed by atoms with van der Waals surface area (Å²) >= 11 is 3.45. The third kappa shape index (κ3) is 1.74. The molecule has 0 bridgehead atoms. The number of rotatable bonds is 1. The molecule has 2 heterocycles. The maximum absolute atomic E-state index is 4.62. The van der Waals surface area contributed by atoms with Gasteiger partial charge in [0, 0.05) is 11.8 Å². The molecule has 0 aliphatic carbocycles. The summed E-state index contributed by atoms with van der Waals surface area (Å²) in [6, 6.07) is 10.2. The maximum atomic E-state index is 4.62. The van der Waals surface area contributed by atoms with Gasteiger partial charge in [0.2, 0.25) is 0 Å². The average Bonchev–Trinajstić information content (AvgIpc) is 2.71. The molecule has 0 atom stereocenters. The molecule has 0 aliphatic rings. The number of hydrogen-bond donors (Lipinski definition) is 0. The summed E-state index contributed by atoms with van der Waals surface area (Å²) in [5.74, 6) is 0. The Balaban J connectivity index is 2.24. The number of aromatic nitrogens is 3. The summed E-state index contributed by atoms with van der Waals surface area (Å²) in [4.78, 5) is 4.62. The van der Waals surface area contributed by atoms with Gasteiger partial charge in [0.1, 0.15) is 0 Å². The van der Waals surface area contributed by atoms with Crippen molar-refractivity contribution < 1.29 is 0 Å². The van der Waals surface area contributed by atoms with Crippen LogP contribution in [0.1, 0.15) is 5.56 Å². The van der Waals surface area contributed by atoms with Gasteiger partial charge in [0.05, 0.1) is 16.4 Å². The molecule has 4 heteroatoms. The number of benzene rings is 1. The first-order chi connectivity index (χ1) is 8.25. The largest absolute Gasteiger partial charge is 0.227 e. The molecule has 0 fully saturated rings. The topological polar surface area (TPSA) is 30.2 Å². The average molecular weight is 288 g/mol. The lowest BCUT2D eigenvalue weighted by Gasteiger charge is -2.05. The zero-order chi connectivity index (χ0) is 11.8. The van der Waals surface area contributed by atoms with Gasteiger partial charge >= 0.3 is 0 Å². The molecule has 3 nitrogen and oxygen atoms in total. The summed E-state index contributed by atoms with van der Waals surface area (Å²) in [5, 5.41) is 4.18. The minimum atomic E-state index is 0.839. The van der Waals surface area contributed by atoms with Crippen molar-refractivity contribution in [1.82, 2.24) is 14.6 Å². The van der Waals surface area contributed by atoms with Crippen LogP contribution in [0.2, 0.25) is 0 Å². The minimum Gasteiger partial charge on any atom is -0.227 e. The van der Waals surface area contributed by atoms with Crippen LogP contribution in [0.25, 0.3) is 16.9 Å². The van der Waals surface area contributed by atoms with E-state index in [4.69, 9.17) is 0 Å². The third-order valence-corrected chi connectivity index (χ3v) is 3.31. The highest BCUT2D eigenvalue weighted by Gasteiger charge is 2.06. The Bertz CT molecular complexity index is 688. The quantitative estimate of drug-likeness (QED) is 0.686. The molecule has 0 amide bonds. The van der Waals surface area contributed by atoms with Crippen LogP contribution in [0.3, 0.4) is 0 Å². The molecule has 0 spiro atoms. The summed E-state index contributed by atoms with van der Waals surface area (Å²) in [6.45, 7) is 2.09. The van der Waals surface area contributed by atoms with E-state index in [1.165, 1.54) is 5.56 Å². The normalized spacial score (nSPS) is 10.9. The van der Waals surface area contributed by atoms with Crippen LogP contribution in [-0.2, 0) is 0 Å². The second-order valence-corrected chi connectivity index (χ2v) is 4.74. The molecular weight excluding hydrogens is 278 g/mol. The number of aryl methyl sites for hydroxylation is 1. The van der Waals surface area contributed by atoms with Crippen molar-refractivity contribution in [3.63, 3.8) is 0 Å². The fourth-order valence-electron chi connectivity index (χ4n) is 1.85. The van der Waals surface area contributed by atoms with Crippen molar-refractivity contribution in [3.05, 3.63) is 52.8 Å². The van der Waals surface area contributed by atoms with Crippen molar-refractivity contribution in [3.8, 4) is 11.3 Å². The standard InChI is InChI=1S/C13H10BrN3/c1-9-4-2-3-5-10(9)12-6-7-17-13(16-12)11(14)8-15-17/h2-8H,1H3. The first-order valence-corrected chi connectivity index (χ1v) is 6.11. The smallest absolute Gasteiger partial charge is 0.169 e. The van der Waals surface area contributed by atoms with Crippen molar-refractivity contribution >= 4 is 21.6 Å². The van der Waals surface area contributed by atoms with Gasteiger partial charge in [-0.1, -0.05) is 24.3 Å². The minimum absolute atomic E-state index is 0.839. The van der Waals surface area contributed by atoms with Gasteiger partial charge in [-0.25, -0.2) is 9.50 Å². The lowest BCUT2D eigenvalue weighted by Crippen LogP contribution is -1.93. The second-order valence-electron chi connectivity index (χ2n) is 3.89. The molecule has 84 valence electrons. The number of nitrogens with zero attached hydrogens (tertiary/aromatic N) is 3. The number of halogens is 1. The van der Waals surface area contributed by atoms with Crippen molar-refractivity contribution in [2.24, 2.45) is 0 Å². The first kappa shape index (κ1) is 10.5. The Morgan fingerprint density at radius 2 is 2.00 bits per heavy atom. The Labute approximate surface area is 107 Å². The van der Waals surface area contributed by atoms with E-state index in [1.807, 2.05) is 24.4 Å². The van der Waals surface area contributed by atoms with Crippen LogP contribution in [0.5, 0.6) is 0 Å². The lowest BCUT2D eigenvalue weighted by molar-refractivity contribution is 0.941. The summed E-state index contributed by atoms with van der Waals surface area (Å²) < 4.78 is 2.67. The highest BCUT2D eigenvalue weighted by atomic mass is 79.9. The van der Waals surface area contributed by atoms with Crippen LogP contribution in [0, 0.1) is 6.92 Å². The highest BCUT2D eigenvalue weighted by Crippen LogP contribution is 2.23. The molecule has 0 radical (unpaired) electrons. The van der Waals surface area contributed by atoms with Gasteiger partial charge in [-0.15, -0.1) is 0 Å². The maximum Gasteiger partial charge on any atom is 0.169 e. The molecule has 17 heavy (non-hydrogen) atoms. The van der Waals surface area contributed by atoms with E-state index < -0.39 is 0 Å². The van der Waals surface area contributed by atoms with E-state index in [2.05, 4.69) is 45.1 Å². The summed E-state index contributed by atoms with van der Waals surface area (Å²) in [6.07, 6.45) is 3.68. The third-order valence-electron chi connectivity index (χ3n) is 2.75. The van der Waals surface area contributed by atoms with Crippen LogP contribution in [0.4, 0.5) is 0 Å². The van der Waals surface area contributed by atoms with Gasteiger partial charge in [-0.3, -0.25) is 0 Å². The molecule has 3 aromatic rings. The molecule has 0 saturated carbocycles. The van der Waals surface area contributed by atoms with Gasteiger partial charge in [-0.2, -0.15) is 5.10 Å². The Morgan fingerprint density at radius 3 is 2.82 bits per heavy atom. The summed E-state index contributed by atoms with van der Waals surface area (Å²) in [5.41, 5.74) is 4.19. The van der Waals surface area contributed by atoms with Crippen molar-refractivity contribution in [2.45, 2.75) is 6.92 Å². The van der Waals surface area contributed by atoms with Gasteiger partial charge < -0.3 is 0 Å². The Kier molecular flexibility index (Phi) is 2.44. The molecule has 3 rings (SSSR count). The lowest BCUT2D eigenvalue weighted by atomic mass is 10.1. The highest BCUT2D eigenvalue weighted by molar-refractivity contribution is 9.10. The fraction of sp³-hybridized carbons (Fsp3) is 0.0769. The zero-order valence-electron chi connectivity index (χ0n) is 9.26. The van der Waals surface area contributed by atoms with Crippen LogP contribution >= 0.6 is 15.9 Å². The van der Waals surface area contributed by atoms with E-state index in [0.717, 1.165) is 21.4 Å². The predicted molar refractivity (Wildman–Crippen MR) is 70.9 cm³/mol. The van der Waals surface area contributed by atoms with Crippen LogP contribution in [0.15, 0.2) is 47.2 Å². The molecule has 2 aromatic heterocycles. The Morgan fingerprint density at radius 1 is 1.18 bits per heavy atom. The monoisotopic (exact) mass is 287 g/mol. The van der Waals surface area contributed by atoms with Gasteiger partial charge in [0.15, 0.2) is 5.65 Å². The van der Waals surface area contributed by atoms with E-state index >= 15 is 0 Å². The van der Waals surface area contributed by atoms with Gasteiger partial charge in [0.25, 0.3) is 0 Å². The SMILES string of the molecule is Cc1ccccc1-c1ccn2ncc(Br)c2n1. The predicted octanol–water partition coefficient (Wildman–Crippen LogP) is 3.47. The molecule has 0 unspecified atom stereocenters. The summed E-state index contributed by atoms with van der Waals surface area (Å²) in [7, 11) is 0. The second kappa shape index (κ2) is 3.96. The van der Waals surface area contributed by atoms with E-state index in [9.17, 15) is 0 Å². The molecule has 0 aliphatic heterocycles. The van der Waals surface area contributed by atoms with Crippen LogP contribution in [-0.4, -0.2) is 14.6 Å². The van der Waals surface area contributed by atoms with E-state index in [0.29, 0.717) is 0 Å². The number of hydrogen-bond acceptors (Lipinski definition) is 2. The molecule has 0 N–H and O–H groups in total. The van der Waals surface area contributed by atoms with Crippen LogP contribution < -0.4 is 0 Å². The van der Waals surface area contributed by atoms with Crippen molar-refractivity contribution in [1.29, 1.82) is 0 Å². The molecule has 1 aromatic carbocycles. The number of fused-ring (bicyclic) bond motifs is 1. The molecular formula is C13H10BrN3. The zero-order valence-corrected chi connectivity index (χ0v) is 10.8. The van der Waals surface area contributed by atoms with E-state index in [1.54, 1.807) is 10.7 Å². The fourth-order valence-corrected chi connectivity index (χ4v) is 2.21. The van der Waals surface area contributed by atoms with E-state index in [-0.39, 0.29) is 0 Å². The first-order valence-electron chi connectivity index (χ1n) is 5.31. The van der Waals surface area contributed by atoms with Gasteiger partial charge in [-0.05, 0) is 34.5 Å². The Hall–Kier alpha value is -1.68. The molecule has 0 saturated heterocycles. The van der Waals surface area contributed by atoms with Crippen molar-refractivity contribution in [2.75, 3.05) is 0 Å².